The summed E-state index contributed by atoms with van der Waals surface area (Å²) < 4.78 is 11.6. The summed E-state index contributed by atoms with van der Waals surface area (Å²) in [4.78, 5) is 13.3. The smallest absolute Gasteiger partial charge is 0.281 e. The van der Waals surface area contributed by atoms with Gasteiger partial charge in [0.2, 0.25) is 0 Å². The second-order valence-electron chi connectivity index (χ2n) is 6.56. The third kappa shape index (κ3) is 3.74. The molecule has 0 saturated carbocycles. The number of carbonyl (C=O) groups excluding carboxylic acids is 1. The van der Waals surface area contributed by atoms with Crippen LogP contribution in [0.15, 0.2) is 87.9 Å². The van der Waals surface area contributed by atoms with E-state index in [4.69, 9.17) is 9.47 Å². The van der Waals surface area contributed by atoms with Gasteiger partial charge in [0, 0.05) is 5.56 Å². The van der Waals surface area contributed by atoms with Crippen LogP contribution in [0, 0.1) is 0 Å². The summed E-state index contributed by atoms with van der Waals surface area (Å²) in [6, 6.07) is 22.8. The Morgan fingerprint density at radius 1 is 0.933 bits per heavy atom. The predicted octanol–water partition coefficient (Wildman–Crippen LogP) is 5.30. The zero-order valence-corrected chi connectivity index (χ0v) is 18.1. The number of hydrazone groups is 1. The molecule has 0 atom stereocenters. The van der Waals surface area contributed by atoms with Gasteiger partial charge in [-0.1, -0.05) is 48.5 Å². The molecule has 1 aliphatic heterocycles. The van der Waals surface area contributed by atoms with Crippen LogP contribution in [0.4, 0.5) is 5.69 Å². The van der Waals surface area contributed by atoms with E-state index in [9.17, 15) is 4.79 Å². The number of anilines is 1. The van der Waals surface area contributed by atoms with E-state index in [1.54, 1.807) is 14.2 Å². The molecule has 0 aliphatic carbocycles. The van der Waals surface area contributed by atoms with E-state index >= 15 is 0 Å². The Labute approximate surface area is 183 Å². The normalized spacial score (nSPS) is 14.8. The Kier molecular flexibility index (Phi) is 5.68. The molecule has 4 rings (SSSR count). The van der Waals surface area contributed by atoms with Crippen LogP contribution in [0.2, 0.25) is 0 Å². The van der Waals surface area contributed by atoms with Gasteiger partial charge in [-0.05, 0) is 51.8 Å². The molecule has 30 heavy (non-hydrogen) atoms. The summed E-state index contributed by atoms with van der Waals surface area (Å²) in [5, 5.41) is 6.08. The molecule has 3 aromatic rings. The van der Waals surface area contributed by atoms with Gasteiger partial charge in [-0.2, -0.15) is 10.1 Å². The van der Waals surface area contributed by atoms with Crippen molar-refractivity contribution in [2.45, 2.75) is 0 Å². The van der Waals surface area contributed by atoms with Crippen LogP contribution in [0.3, 0.4) is 0 Å². The first-order valence-corrected chi connectivity index (χ1v) is 10.1. The number of para-hydroxylation sites is 1. The van der Waals surface area contributed by atoms with E-state index in [-0.39, 0.29) is 5.91 Å². The highest BCUT2D eigenvalue weighted by Gasteiger charge is 2.32. The monoisotopic (exact) mass is 462 g/mol. The first kappa shape index (κ1) is 19.9. The fourth-order valence-corrected chi connectivity index (χ4v) is 3.91. The molecule has 150 valence electrons. The van der Waals surface area contributed by atoms with Crippen LogP contribution in [-0.2, 0) is 4.79 Å². The first-order valence-electron chi connectivity index (χ1n) is 9.29. The molecule has 0 spiro atoms. The van der Waals surface area contributed by atoms with Gasteiger partial charge in [-0.25, -0.2) is 0 Å². The fourth-order valence-electron chi connectivity index (χ4n) is 3.29. The van der Waals surface area contributed by atoms with Crippen molar-refractivity contribution in [2.24, 2.45) is 5.10 Å². The molecule has 0 radical (unpaired) electrons. The van der Waals surface area contributed by atoms with Crippen LogP contribution in [0.1, 0.15) is 11.1 Å². The molecular formula is C24H19BrN2O3. The summed E-state index contributed by atoms with van der Waals surface area (Å²) in [5.74, 6) is 0.980. The number of rotatable bonds is 5. The van der Waals surface area contributed by atoms with Crippen molar-refractivity contribution in [2.75, 3.05) is 19.2 Å². The molecule has 1 heterocycles. The zero-order valence-electron chi connectivity index (χ0n) is 16.5. The van der Waals surface area contributed by atoms with Crippen molar-refractivity contribution < 1.29 is 14.3 Å². The quantitative estimate of drug-likeness (QED) is 0.483. The molecule has 1 aliphatic rings. The standard InChI is InChI=1S/C24H19BrN2O3/c1-29-21-15-16(14-20(25)23(21)30-2)13-19-22(17-9-5-3-6-10-17)26-27(24(19)28)18-11-7-4-8-12-18/h3-15H,1-2H3/b19-13-. The minimum atomic E-state index is -0.189. The topological polar surface area (TPSA) is 51.1 Å². The Bertz CT molecular complexity index is 1140. The van der Waals surface area contributed by atoms with Crippen molar-refractivity contribution in [1.82, 2.24) is 0 Å². The summed E-state index contributed by atoms with van der Waals surface area (Å²) >= 11 is 3.51. The van der Waals surface area contributed by atoms with Crippen LogP contribution in [0.5, 0.6) is 11.5 Å². The van der Waals surface area contributed by atoms with Gasteiger partial charge in [0.15, 0.2) is 11.5 Å². The minimum Gasteiger partial charge on any atom is -0.493 e. The fraction of sp³-hybridized carbons (Fsp3) is 0.0833. The van der Waals surface area contributed by atoms with Crippen molar-refractivity contribution >= 4 is 39.3 Å². The Morgan fingerprint density at radius 3 is 2.23 bits per heavy atom. The predicted molar refractivity (Wildman–Crippen MR) is 122 cm³/mol. The molecule has 3 aromatic carbocycles. The second-order valence-corrected chi connectivity index (χ2v) is 7.42. The lowest BCUT2D eigenvalue weighted by Crippen LogP contribution is -2.21. The minimum absolute atomic E-state index is 0.189. The summed E-state index contributed by atoms with van der Waals surface area (Å²) in [7, 11) is 3.16. The number of ether oxygens (including phenoxy) is 2. The molecule has 0 aromatic heterocycles. The zero-order chi connectivity index (χ0) is 21.1. The average Bonchev–Trinajstić information content (AvgIpc) is 3.10. The Balaban J connectivity index is 1.84. The Morgan fingerprint density at radius 2 is 1.60 bits per heavy atom. The largest absolute Gasteiger partial charge is 0.493 e. The van der Waals surface area contributed by atoms with Gasteiger partial charge in [0.1, 0.15) is 5.71 Å². The van der Waals surface area contributed by atoms with E-state index < -0.39 is 0 Å². The number of benzene rings is 3. The SMILES string of the molecule is COc1cc(/C=C2\C(=O)N(c3ccccc3)N=C2c2ccccc2)cc(Br)c1OC. The number of hydrogen-bond donors (Lipinski definition) is 0. The average molecular weight is 463 g/mol. The number of nitrogens with zero attached hydrogens (tertiary/aromatic N) is 2. The number of hydrogen-bond acceptors (Lipinski definition) is 4. The lowest BCUT2D eigenvalue weighted by Gasteiger charge is -2.12. The highest BCUT2D eigenvalue weighted by Crippen LogP contribution is 2.37. The Hall–Kier alpha value is -3.38. The number of methoxy groups -OCH3 is 2. The lowest BCUT2D eigenvalue weighted by atomic mass is 10.00. The molecule has 0 unspecified atom stereocenters. The molecule has 6 heteroatoms. The van der Waals surface area contributed by atoms with Crippen LogP contribution >= 0.6 is 15.9 Å². The third-order valence-electron chi connectivity index (χ3n) is 4.69. The first-order chi connectivity index (χ1) is 14.6. The molecule has 5 nitrogen and oxygen atoms in total. The highest BCUT2D eigenvalue weighted by molar-refractivity contribution is 9.10. The lowest BCUT2D eigenvalue weighted by molar-refractivity contribution is -0.114. The van der Waals surface area contributed by atoms with Gasteiger partial charge in [-0.15, -0.1) is 0 Å². The maximum Gasteiger partial charge on any atom is 0.281 e. The molecule has 0 N–H and O–H groups in total. The highest BCUT2D eigenvalue weighted by atomic mass is 79.9. The number of halogens is 1. The van der Waals surface area contributed by atoms with E-state index in [1.165, 1.54) is 5.01 Å². The van der Waals surface area contributed by atoms with Crippen molar-refractivity contribution in [1.29, 1.82) is 0 Å². The maximum absolute atomic E-state index is 13.3. The van der Waals surface area contributed by atoms with Gasteiger partial charge in [-0.3, -0.25) is 4.79 Å². The summed E-state index contributed by atoms with van der Waals surface area (Å²) in [6.45, 7) is 0. The van der Waals surface area contributed by atoms with Crippen molar-refractivity contribution in [3.63, 3.8) is 0 Å². The summed E-state index contributed by atoms with van der Waals surface area (Å²) in [5.41, 5.74) is 3.50. The van der Waals surface area contributed by atoms with Crippen LogP contribution in [-0.4, -0.2) is 25.8 Å². The van der Waals surface area contributed by atoms with Gasteiger partial charge >= 0.3 is 0 Å². The van der Waals surface area contributed by atoms with Crippen molar-refractivity contribution in [3.05, 3.63) is 94.0 Å². The second kappa shape index (κ2) is 8.55. The van der Waals surface area contributed by atoms with Crippen LogP contribution in [0.25, 0.3) is 6.08 Å². The molecule has 0 fully saturated rings. The van der Waals surface area contributed by atoms with Gasteiger partial charge < -0.3 is 9.47 Å². The van der Waals surface area contributed by atoms with E-state index in [0.717, 1.165) is 15.6 Å². The molecule has 1 amide bonds. The maximum atomic E-state index is 13.3. The number of amides is 1. The van der Waals surface area contributed by atoms with E-state index in [1.807, 2.05) is 78.9 Å². The summed E-state index contributed by atoms with van der Waals surface area (Å²) in [6.07, 6.45) is 1.82. The van der Waals surface area contributed by atoms with E-state index in [2.05, 4.69) is 21.0 Å². The van der Waals surface area contributed by atoms with Crippen LogP contribution < -0.4 is 14.5 Å². The molecular weight excluding hydrogens is 444 g/mol. The van der Waals surface area contributed by atoms with E-state index in [0.29, 0.717) is 28.5 Å². The number of carbonyl (C=O) groups is 1. The molecule has 0 bridgehead atoms. The van der Waals surface area contributed by atoms with Gasteiger partial charge in [0.25, 0.3) is 5.91 Å². The third-order valence-corrected chi connectivity index (χ3v) is 5.28. The van der Waals surface area contributed by atoms with Gasteiger partial charge in [0.05, 0.1) is 30.0 Å². The van der Waals surface area contributed by atoms with Crippen molar-refractivity contribution in [3.8, 4) is 11.5 Å². The molecule has 0 saturated heterocycles.